The maximum atomic E-state index is 9.22. The third-order valence-corrected chi connectivity index (χ3v) is 3.07. The van der Waals surface area contributed by atoms with Gasteiger partial charge in [-0.25, -0.2) is 9.97 Å². The fraction of sp³-hybridized carbons (Fsp3) is 0.125. The molecular formula is C16H14N4O. The zero-order valence-corrected chi connectivity index (χ0v) is 11.6. The van der Waals surface area contributed by atoms with E-state index in [9.17, 15) is 5.11 Å². The largest absolute Gasteiger partial charge is 0.508 e. The summed E-state index contributed by atoms with van der Waals surface area (Å²) in [6.45, 7) is 2.31. The predicted molar refractivity (Wildman–Crippen MR) is 80.6 cm³/mol. The van der Waals surface area contributed by atoms with Gasteiger partial charge in [-0.15, -0.1) is 5.11 Å². The number of benzene rings is 2. The van der Waals surface area contributed by atoms with E-state index in [1.165, 1.54) is 0 Å². The van der Waals surface area contributed by atoms with Gasteiger partial charge < -0.3 is 5.11 Å². The predicted octanol–water partition coefficient (Wildman–Crippen LogP) is 3.93. The van der Waals surface area contributed by atoms with Crippen molar-refractivity contribution in [3.8, 4) is 5.75 Å². The number of aromatic hydroxyl groups is 1. The van der Waals surface area contributed by atoms with Crippen molar-refractivity contribution < 1.29 is 5.11 Å². The molecule has 0 saturated carbocycles. The van der Waals surface area contributed by atoms with Crippen molar-refractivity contribution >= 4 is 16.9 Å². The Morgan fingerprint density at radius 1 is 0.952 bits per heavy atom. The van der Waals surface area contributed by atoms with Crippen LogP contribution in [0.15, 0.2) is 58.8 Å². The van der Waals surface area contributed by atoms with Crippen molar-refractivity contribution in [1.29, 1.82) is 0 Å². The number of aryl methyl sites for hydroxylation is 1. The van der Waals surface area contributed by atoms with Gasteiger partial charge in [0.1, 0.15) is 5.75 Å². The minimum atomic E-state index is 0.243. The minimum Gasteiger partial charge on any atom is -0.508 e. The summed E-state index contributed by atoms with van der Waals surface area (Å²) in [5.41, 5.74) is 3.39. The van der Waals surface area contributed by atoms with Crippen LogP contribution >= 0.6 is 0 Å². The first-order valence-electron chi connectivity index (χ1n) is 6.61. The molecule has 0 amide bonds. The number of nitrogens with zero attached hydrogens (tertiary/aromatic N) is 4. The van der Waals surface area contributed by atoms with Crippen LogP contribution in [-0.4, -0.2) is 15.1 Å². The highest BCUT2D eigenvalue weighted by atomic mass is 16.3. The van der Waals surface area contributed by atoms with Crippen molar-refractivity contribution in [1.82, 2.24) is 9.97 Å². The van der Waals surface area contributed by atoms with Crippen LogP contribution in [0.3, 0.4) is 0 Å². The third kappa shape index (κ3) is 3.02. The fourth-order valence-electron chi connectivity index (χ4n) is 1.96. The van der Waals surface area contributed by atoms with Gasteiger partial charge in [0, 0.05) is 0 Å². The molecule has 0 aliphatic rings. The highest BCUT2D eigenvalue weighted by molar-refractivity contribution is 5.75. The van der Waals surface area contributed by atoms with E-state index in [1.807, 2.05) is 43.3 Å². The molecule has 5 nitrogen and oxygen atoms in total. The first-order chi connectivity index (χ1) is 10.2. The summed E-state index contributed by atoms with van der Waals surface area (Å²) in [5.74, 6) is 0.777. The van der Waals surface area contributed by atoms with Gasteiger partial charge in [0.05, 0.1) is 23.3 Å². The van der Waals surface area contributed by atoms with Crippen molar-refractivity contribution in [2.24, 2.45) is 10.2 Å². The van der Waals surface area contributed by atoms with Crippen LogP contribution in [0.1, 0.15) is 11.3 Å². The van der Waals surface area contributed by atoms with Crippen molar-refractivity contribution in [2.75, 3.05) is 0 Å². The van der Waals surface area contributed by atoms with Gasteiger partial charge in [0.25, 0.3) is 0 Å². The highest BCUT2D eigenvalue weighted by Crippen LogP contribution is 2.19. The van der Waals surface area contributed by atoms with Crippen LogP contribution in [0, 0.1) is 6.92 Å². The highest BCUT2D eigenvalue weighted by Gasteiger charge is 2.03. The normalized spacial score (nSPS) is 11.3. The number of phenolic OH excluding ortho intramolecular Hbond substituents is 1. The van der Waals surface area contributed by atoms with Crippen LogP contribution in [0.2, 0.25) is 0 Å². The molecule has 1 heterocycles. The Morgan fingerprint density at radius 3 is 2.33 bits per heavy atom. The molecule has 21 heavy (non-hydrogen) atoms. The lowest BCUT2D eigenvalue weighted by Gasteiger charge is -2.01. The number of rotatable bonds is 3. The molecule has 5 heteroatoms. The Labute approximate surface area is 122 Å². The van der Waals surface area contributed by atoms with Crippen LogP contribution in [0.25, 0.3) is 11.0 Å². The first kappa shape index (κ1) is 13.2. The van der Waals surface area contributed by atoms with Gasteiger partial charge in [0.15, 0.2) is 5.82 Å². The van der Waals surface area contributed by atoms with E-state index in [0.29, 0.717) is 12.4 Å². The summed E-state index contributed by atoms with van der Waals surface area (Å²) in [5, 5.41) is 17.5. The fourth-order valence-corrected chi connectivity index (χ4v) is 1.96. The van der Waals surface area contributed by atoms with Gasteiger partial charge in [-0.1, -0.05) is 24.3 Å². The second-order valence-corrected chi connectivity index (χ2v) is 4.69. The molecule has 1 N–H and O–H groups in total. The van der Waals surface area contributed by atoms with Crippen molar-refractivity contribution in [3.05, 3.63) is 59.8 Å². The summed E-state index contributed by atoms with van der Waals surface area (Å²) >= 11 is 0. The Hall–Kier alpha value is -2.82. The Bertz CT molecular complexity index is 797. The summed E-state index contributed by atoms with van der Waals surface area (Å²) in [4.78, 5) is 8.92. The quantitative estimate of drug-likeness (QED) is 0.738. The van der Waals surface area contributed by atoms with E-state index in [0.717, 1.165) is 22.3 Å². The molecular weight excluding hydrogens is 264 g/mol. The Balaban J connectivity index is 1.82. The molecule has 1 aromatic heterocycles. The van der Waals surface area contributed by atoms with Crippen molar-refractivity contribution in [2.45, 2.75) is 13.5 Å². The Kier molecular flexibility index (Phi) is 3.55. The van der Waals surface area contributed by atoms with Crippen LogP contribution < -0.4 is 0 Å². The van der Waals surface area contributed by atoms with E-state index in [2.05, 4.69) is 20.2 Å². The van der Waals surface area contributed by atoms with Gasteiger partial charge >= 0.3 is 0 Å². The molecule has 0 saturated heterocycles. The summed E-state index contributed by atoms with van der Waals surface area (Å²) in [7, 11) is 0. The second kappa shape index (κ2) is 5.66. The van der Waals surface area contributed by atoms with Gasteiger partial charge in [-0.3, -0.25) is 0 Å². The maximum Gasteiger partial charge on any atom is 0.196 e. The molecule has 2 aromatic carbocycles. The van der Waals surface area contributed by atoms with E-state index >= 15 is 0 Å². The second-order valence-electron chi connectivity index (χ2n) is 4.69. The van der Waals surface area contributed by atoms with Gasteiger partial charge in [-0.05, 0) is 36.8 Å². The van der Waals surface area contributed by atoms with E-state index in [4.69, 9.17) is 0 Å². The van der Waals surface area contributed by atoms with E-state index in [-0.39, 0.29) is 5.75 Å². The topological polar surface area (TPSA) is 70.7 Å². The summed E-state index contributed by atoms with van der Waals surface area (Å²) in [6, 6.07) is 14.6. The average Bonchev–Trinajstić information content (AvgIpc) is 2.50. The lowest BCUT2D eigenvalue weighted by Crippen LogP contribution is -1.88. The molecule has 0 spiro atoms. The van der Waals surface area contributed by atoms with E-state index in [1.54, 1.807) is 12.1 Å². The number of azo groups is 1. The SMILES string of the molecule is Cc1nc2ccccc2nc1N=NCc1ccc(O)cc1. The lowest BCUT2D eigenvalue weighted by atomic mass is 10.2. The number of aromatic nitrogens is 2. The molecule has 3 rings (SSSR count). The minimum absolute atomic E-state index is 0.243. The number of hydrogen-bond acceptors (Lipinski definition) is 5. The number of hydrogen-bond donors (Lipinski definition) is 1. The Morgan fingerprint density at radius 2 is 1.62 bits per heavy atom. The zero-order chi connectivity index (χ0) is 14.7. The number of para-hydroxylation sites is 2. The molecule has 0 unspecified atom stereocenters. The number of fused-ring (bicyclic) bond motifs is 1. The molecule has 0 radical (unpaired) electrons. The molecule has 104 valence electrons. The molecule has 0 atom stereocenters. The summed E-state index contributed by atoms with van der Waals surface area (Å²) < 4.78 is 0. The van der Waals surface area contributed by atoms with Crippen molar-refractivity contribution in [3.63, 3.8) is 0 Å². The molecule has 0 bridgehead atoms. The lowest BCUT2D eigenvalue weighted by molar-refractivity contribution is 0.475. The molecule has 0 aliphatic carbocycles. The smallest absolute Gasteiger partial charge is 0.196 e. The maximum absolute atomic E-state index is 9.22. The average molecular weight is 278 g/mol. The molecule has 3 aromatic rings. The summed E-state index contributed by atoms with van der Waals surface area (Å²) in [6.07, 6.45) is 0. The molecule has 0 aliphatic heterocycles. The molecule has 0 fully saturated rings. The standard InChI is InChI=1S/C16H14N4O/c1-11-16(19-15-5-3-2-4-14(15)18-11)20-17-10-12-6-8-13(21)9-7-12/h2-9,21H,10H2,1H3. The van der Waals surface area contributed by atoms with Crippen LogP contribution in [0.4, 0.5) is 5.82 Å². The van der Waals surface area contributed by atoms with Gasteiger partial charge in [-0.2, -0.15) is 5.11 Å². The van der Waals surface area contributed by atoms with E-state index < -0.39 is 0 Å². The first-order valence-corrected chi connectivity index (χ1v) is 6.61. The van der Waals surface area contributed by atoms with Crippen LogP contribution in [-0.2, 0) is 6.54 Å². The third-order valence-electron chi connectivity index (χ3n) is 3.07. The monoisotopic (exact) mass is 278 g/mol. The number of phenols is 1. The zero-order valence-electron chi connectivity index (χ0n) is 11.6. The van der Waals surface area contributed by atoms with Gasteiger partial charge in [0.2, 0.25) is 0 Å². The van der Waals surface area contributed by atoms with Crippen LogP contribution in [0.5, 0.6) is 5.75 Å².